The van der Waals surface area contributed by atoms with Crippen molar-refractivity contribution in [1.82, 2.24) is 14.5 Å². The number of carbonyl (C=O) groups is 1. The minimum atomic E-state index is -3.71. The van der Waals surface area contributed by atoms with Crippen molar-refractivity contribution in [2.24, 2.45) is 0 Å². The van der Waals surface area contributed by atoms with E-state index < -0.39 is 10.0 Å². The number of anilines is 1. The predicted molar refractivity (Wildman–Crippen MR) is 98.4 cm³/mol. The van der Waals surface area contributed by atoms with Gasteiger partial charge in [0, 0.05) is 24.7 Å². The molecule has 0 saturated heterocycles. The fraction of sp³-hybridized carbons (Fsp3) is 0.353. The minimum absolute atomic E-state index is 0.0354. The maximum Gasteiger partial charge on any atom is 0.266 e. The zero-order valence-corrected chi connectivity index (χ0v) is 15.5. The van der Waals surface area contributed by atoms with Crippen LogP contribution >= 0.6 is 0 Å². The van der Waals surface area contributed by atoms with Crippen molar-refractivity contribution >= 4 is 21.6 Å². The molecular formula is C17H22N4O4S. The number of carbonyl (C=O) groups excluding carboxylic acids is 1. The number of hydrogen-bond donors (Lipinski definition) is 2. The number of rotatable bonds is 8. The van der Waals surface area contributed by atoms with Crippen LogP contribution in [0.1, 0.15) is 25.5 Å². The molecule has 0 aliphatic rings. The van der Waals surface area contributed by atoms with Gasteiger partial charge in [0.15, 0.2) is 0 Å². The van der Waals surface area contributed by atoms with Gasteiger partial charge in [-0.3, -0.25) is 9.59 Å². The largest absolute Gasteiger partial charge is 0.326 e. The SMILES string of the molecule is CCCC(=O)Nc1ccc(S(=O)(=O)NCCn2nc(C)ccc2=O)cc1. The Morgan fingerprint density at radius 1 is 1.15 bits per heavy atom. The van der Waals surface area contributed by atoms with Gasteiger partial charge in [0.05, 0.1) is 17.1 Å². The highest BCUT2D eigenvalue weighted by atomic mass is 32.2. The molecule has 0 aliphatic heterocycles. The van der Waals surface area contributed by atoms with E-state index in [0.717, 1.165) is 6.42 Å². The molecular weight excluding hydrogens is 356 g/mol. The van der Waals surface area contributed by atoms with E-state index >= 15 is 0 Å². The third-order valence-electron chi connectivity index (χ3n) is 3.54. The van der Waals surface area contributed by atoms with Crippen molar-refractivity contribution in [1.29, 1.82) is 0 Å². The first kappa shape index (κ1) is 19.8. The van der Waals surface area contributed by atoms with Crippen LogP contribution in [0.25, 0.3) is 0 Å². The Labute approximate surface area is 152 Å². The third kappa shape index (κ3) is 5.50. The summed E-state index contributed by atoms with van der Waals surface area (Å²) in [6.07, 6.45) is 1.15. The van der Waals surface area contributed by atoms with E-state index in [1.165, 1.54) is 35.0 Å². The van der Waals surface area contributed by atoms with Crippen LogP contribution in [-0.4, -0.2) is 30.7 Å². The van der Waals surface area contributed by atoms with E-state index in [9.17, 15) is 18.0 Å². The molecule has 2 aromatic rings. The van der Waals surface area contributed by atoms with Gasteiger partial charge < -0.3 is 5.32 Å². The van der Waals surface area contributed by atoms with Crippen molar-refractivity contribution < 1.29 is 13.2 Å². The number of nitrogens with zero attached hydrogens (tertiary/aromatic N) is 2. The average molecular weight is 378 g/mol. The summed E-state index contributed by atoms with van der Waals surface area (Å²) in [6, 6.07) is 8.90. The van der Waals surface area contributed by atoms with Crippen molar-refractivity contribution in [2.75, 3.05) is 11.9 Å². The molecule has 0 spiro atoms. The van der Waals surface area contributed by atoms with E-state index in [0.29, 0.717) is 17.8 Å². The van der Waals surface area contributed by atoms with Gasteiger partial charge in [-0.05, 0) is 43.7 Å². The molecule has 0 radical (unpaired) electrons. The second-order valence-corrected chi connectivity index (χ2v) is 7.52. The van der Waals surface area contributed by atoms with Crippen molar-refractivity contribution in [3.8, 4) is 0 Å². The van der Waals surface area contributed by atoms with Crippen LogP contribution in [-0.2, 0) is 21.4 Å². The van der Waals surface area contributed by atoms with Crippen LogP contribution < -0.4 is 15.6 Å². The number of nitrogens with one attached hydrogen (secondary N) is 2. The molecule has 0 atom stereocenters. The average Bonchev–Trinajstić information content (AvgIpc) is 2.58. The lowest BCUT2D eigenvalue weighted by Crippen LogP contribution is -2.32. The van der Waals surface area contributed by atoms with Gasteiger partial charge in [-0.1, -0.05) is 6.92 Å². The Hall–Kier alpha value is -2.52. The summed E-state index contributed by atoms with van der Waals surface area (Å²) in [5.74, 6) is -0.114. The molecule has 1 aromatic heterocycles. The molecule has 0 unspecified atom stereocenters. The molecule has 0 aliphatic carbocycles. The molecule has 8 nitrogen and oxygen atoms in total. The fourth-order valence-corrected chi connectivity index (χ4v) is 3.27. The van der Waals surface area contributed by atoms with Gasteiger partial charge in [-0.2, -0.15) is 5.10 Å². The number of amides is 1. The number of sulfonamides is 1. The highest BCUT2D eigenvalue weighted by Crippen LogP contribution is 2.14. The van der Waals surface area contributed by atoms with Gasteiger partial charge in [0.2, 0.25) is 15.9 Å². The van der Waals surface area contributed by atoms with Crippen LogP contribution in [0.3, 0.4) is 0 Å². The van der Waals surface area contributed by atoms with E-state index in [4.69, 9.17) is 0 Å². The first-order chi connectivity index (χ1) is 12.3. The zero-order valence-electron chi connectivity index (χ0n) is 14.7. The monoisotopic (exact) mass is 378 g/mol. The van der Waals surface area contributed by atoms with Gasteiger partial charge >= 0.3 is 0 Å². The van der Waals surface area contributed by atoms with Crippen LogP contribution in [0.4, 0.5) is 5.69 Å². The second-order valence-electron chi connectivity index (χ2n) is 5.76. The summed E-state index contributed by atoms with van der Waals surface area (Å²) in [5, 5.41) is 6.75. The fourth-order valence-electron chi connectivity index (χ4n) is 2.25. The number of benzene rings is 1. The van der Waals surface area contributed by atoms with Crippen LogP contribution in [0.2, 0.25) is 0 Å². The normalized spacial score (nSPS) is 11.3. The Balaban J connectivity index is 1.98. The first-order valence-electron chi connectivity index (χ1n) is 8.26. The molecule has 1 heterocycles. The standard InChI is InChI=1S/C17H22N4O4S/c1-3-4-16(22)19-14-6-8-15(9-7-14)26(24,25)18-11-12-21-17(23)10-5-13(2)20-21/h5-10,18H,3-4,11-12H2,1-2H3,(H,19,22). The smallest absolute Gasteiger partial charge is 0.266 e. The summed E-state index contributed by atoms with van der Waals surface area (Å²) < 4.78 is 28.3. The number of aryl methyl sites for hydroxylation is 1. The van der Waals surface area contributed by atoms with Gasteiger partial charge in [-0.25, -0.2) is 17.8 Å². The van der Waals surface area contributed by atoms with Gasteiger partial charge in [-0.15, -0.1) is 0 Å². The Bertz CT molecular complexity index is 921. The van der Waals surface area contributed by atoms with Crippen molar-refractivity contribution in [3.05, 3.63) is 52.4 Å². The third-order valence-corrected chi connectivity index (χ3v) is 5.02. The molecule has 2 rings (SSSR count). The molecule has 1 aromatic carbocycles. The lowest BCUT2D eigenvalue weighted by Gasteiger charge is -2.09. The topological polar surface area (TPSA) is 110 Å². The molecule has 1 amide bonds. The summed E-state index contributed by atoms with van der Waals surface area (Å²) >= 11 is 0. The maximum absolute atomic E-state index is 12.3. The summed E-state index contributed by atoms with van der Waals surface area (Å²) in [7, 11) is -3.71. The quantitative estimate of drug-likeness (QED) is 0.719. The van der Waals surface area contributed by atoms with Crippen LogP contribution in [0, 0.1) is 6.92 Å². The lowest BCUT2D eigenvalue weighted by molar-refractivity contribution is -0.116. The molecule has 9 heteroatoms. The van der Waals surface area contributed by atoms with E-state index in [2.05, 4.69) is 15.1 Å². The molecule has 2 N–H and O–H groups in total. The Morgan fingerprint density at radius 2 is 1.85 bits per heavy atom. The summed E-state index contributed by atoms with van der Waals surface area (Å²) in [6.45, 7) is 3.82. The van der Waals surface area contributed by atoms with E-state index in [-0.39, 0.29) is 29.5 Å². The Morgan fingerprint density at radius 3 is 2.50 bits per heavy atom. The highest BCUT2D eigenvalue weighted by Gasteiger charge is 2.14. The van der Waals surface area contributed by atoms with Gasteiger partial charge in [0.25, 0.3) is 5.56 Å². The lowest BCUT2D eigenvalue weighted by atomic mass is 10.3. The van der Waals surface area contributed by atoms with E-state index in [1.54, 1.807) is 13.0 Å². The van der Waals surface area contributed by atoms with Crippen LogP contribution in [0.15, 0.2) is 46.1 Å². The second kappa shape index (κ2) is 8.72. The summed E-state index contributed by atoms with van der Waals surface area (Å²) in [5.41, 5.74) is 0.924. The number of aromatic nitrogens is 2. The minimum Gasteiger partial charge on any atom is -0.326 e. The van der Waals surface area contributed by atoms with Gasteiger partial charge in [0.1, 0.15) is 0 Å². The Kier molecular flexibility index (Phi) is 6.64. The molecule has 0 bridgehead atoms. The van der Waals surface area contributed by atoms with Crippen molar-refractivity contribution in [3.63, 3.8) is 0 Å². The zero-order chi connectivity index (χ0) is 19.2. The number of hydrogen-bond acceptors (Lipinski definition) is 5. The van der Waals surface area contributed by atoms with E-state index in [1.807, 2.05) is 6.92 Å². The van der Waals surface area contributed by atoms with Crippen LogP contribution in [0.5, 0.6) is 0 Å². The first-order valence-corrected chi connectivity index (χ1v) is 9.74. The molecule has 0 saturated carbocycles. The molecule has 26 heavy (non-hydrogen) atoms. The van der Waals surface area contributed by atoms with Crippen molar-refractivity contribution in [2.45, 2.75) is 38.1 Å². The highest BCUT2D eigenvalue weighted by molar-refractivity contribution is 7.89. The molecule has 140 valence electrons. The summed E-state index contributed by atoms with van der Waals surface area (Å²) in [4.78, 5) is 23.3. The molecule has 0 fully saturated rings. The predicted octanol–water partition coefficient (Wildman–Crippen LogP) is 1.27. The maximum atomic E-state index is 12.3.